The number of hydrogen-bond acceptors (Lipinski definition) is 6. The van der Waals surface area contributed by atoms with E-state index in [-0.39, 0.29) is 22.6 Å². The van der Waals surface area contributed by atoms with E-state index in [1.165, 1.54) is 4.57 Å². The average Bonchev–Trinajstić information content (AvgIpc) is 3.28. The summed E-state index contributed by atoms with van der Waals surface area (Å²) in [6.07, 6.45) is 0. The minimum absolute atomic E-state index is 0.197. The molecule has 34 heavy (non-hydrogen) atoms. The van der Waals surface area contributed by atoms with Gasteiger partial charge < -0.3 is 10.1 Å². The molecule has 10 heteroatoms. The fourth-order valence-corrected chi connectivity index (χ4v) is 5.93. The Balaban J connectivity index is 1.82. The molecule has 3 aromatic rings. The van der Waals surface area contributed by atoms with E-state index in [0.29, 0.717) is 32.9 Å². The molecule has 0 saturated carbocycles. The summed E-state index contributed by atoms with van der Waals surface area (Å²) >= 11 is 8.01. The third-order valence-corrected chi connectivity index (χ3v) is 7.71. The summed E-state index contributed by atoms with van der Waals surface area (Å²) in [5.74, 6) is -0.873. The molecule has 1 amide bonds. The quantitative estimate of drug-likeness (QED) is 0.464. The fraction of sp³-hybridized carbons (Fsp3) is 0.167. The predicted octanol–water partition coefficient (Wildman–Crippen LogP) is 3.65. The lowest BCUT2D eigenvalue weighted by Gasteiger charge is -2.24. The molecule has 0 fully saturated rings. The van der Waals surface area contributed by atoms with Gasteiger partial charge in [0.15, 0.2) is 4.80 Å². The van der Waals surface area contributed by atoms with Crippen LogP contribution in [0, 0.1) is 0 Å². The van der Waals surface area contributed by atoms with E-state index in [1.54, 1.807) is 19.9 Å². The van der Waals surface area contributed by atoms with E-state index in [4.69, 9.17) is 4.74 Å². The number of benzene rings is 2. The van der Waals surface area contributed by atoms with Crippen LogP contribution in [0.5, 0.6) is 0 Å². The average molecular weight is 603 g/mol. The normalized spacial score (nSPS) is 18.2. The second-order valence-electron chi connectivity index (χ2n) is 7.69. The van der Waals surface area contributed by atoms with Gasteiger partial charge in [-0.05, 0) is 49.7 Å². The van der Waals surface area contributed by atoms with Gasteiger partial charge in [-0.25, -0.2) is 9.79 Å². The number of halogens is 2. The molecule has 0 aliphatic carbocycles. The van der Waals surface area contributed by atoms with Crippen molar-refractivity contribution in [1.82, 2.24) is 4.57 Å². The van der Waals surface area contributed by atoms with Gasteiger partial charge in [0.05, 0.1) is 29.5 Å². The Hall–Kier alpha value is -2.82. The molecule has 172 valence electrons. The second-order valence-corrected chi connectivity index (χ2v) is 10.5. The molecule has 0 saturated heterocycles. The maximum atomic E-state index is 13.8. The van der Waals surface area contributed by atoms with Gasteiger partial charge in [-0.15, -0.1) is 0 Å². The highest BCUT2D eigenvalue weighted by Gasteiger charge is 2.35. The zero-order chi connectivity index (χ0) is 24.1. The van der Waals surface area contributed by atoms with Crippen molar-refractivity contribution in [2.24, 2.45) is 4.99 Å². The van der Waals surface area contributed by atoms with E-state index in [9.17, 15) is 14.4 Å². The van der Waals surface area contributed by atoms with Gasteiger partial charge in [-0.3, -0.25) is 14.2 Å². The molecule has 1 unspecified atom stereocenters. The number of aromatic nitrogens is 1. The number of anilines is 1. The monoisotopic (exact) mass is 601 g/mol. The Kier molecular flexibility index (Phi) is 5.91. The minimum atomic E-state index is -0.732. The highest BCUT2D eigenvalue weighted by atomic mass is 79.9. The molecule has 2 aliphatic heterocycles. The smallest absolute Gasteiger partial charge is 0.338 e. The molecular weight excluding hydrogens is 586 g/mol. The van der Waals surface area contributed by atoms with Gasteiger partial charge in [0.1, 0.15) is 4.53 Å². The van der Waals surface area contributed by atoms with E-state index in [2.05, 4.69) is 42.2 Å². The van der Waals surface area contributed by atoms with Crippen molar-refractivity contribution < 1.29 is 14.3 Å². The zero-order valence-corrected chi connectivity index (χ0v) is 22.0. The first-order valence-corrected chi connectivity index (χ1v) is 12.8. The molecule has 2 aromatic carbocycles. The van der Waals surface area contributed by atoms with Crippen LogP contribution in [-0.4, -0.2) is 23.1 Å². The van der Waals surface area contributed by atoms with Gasteiger partial charge in [0.25, 0.3) is 11.5 Å². The molecular formula is C24H17Br2N3O4S. The van der Waals surface area contributed by atoms with Gasteiger partial charge in [0.2, 0.25) is 0 Å². The fourth-order valence-electron chi connectivity index (χ4n) is 4.17. The first kappa shape index (κ1) is 22.9. The molecule has 1 atom stereocenters. The molecule has 0 radical (unpaired) electrons. The number of nitrogens with zero attached hydrogens (tertiary/aromatic N) is 2. The second kappa shape index (κ2) is 8.75. The summed E-state index contributed by atoms with van der Waals surface area (Å²) in [6, 6.07) is 12.1. The summed E-state index contributed by atoms with van der Waals surface area (Å²) in [5.41, 5.74) is 2.71. The number of rotatable bonds is 3. The number of carbonyl (C=O) groups is 2. The molecule has 5 rings (SSSR count). The van der Waals surface area contributed by atoms with Crippen LogP contribution in [0.2, 0.25) is 0 Å². The van der Waals surface area contributed by atoms with Crippen LogP contribution in [0.25, 0.3) is 5.57 Å². The molecule has 2 aliphatic rings. The standard InChI is InChI=1S/C24H17Br2N3O4S/c1-3-33-23(32)17-11(2)27-24-29(19(17)12-4-6-13(25)7-5-12)22(31)20(34-24)18-15-10-14(26)8-9-16(15)28-21(18)30/h4-10,19H,3H2,1-2H3,(H,28,30)/b20-18-. The molecule has 7 nitrogen and oxygen atoms in total. The van der Waals surface area contributed by atoms with Crippen molar-refractivity contribution in [2.45, 2.75) is 19.9 Å². The topological polar surface area (TPSA) is 89.8 Å². The zero-order valence-electron chi connectivity index (χ0n) is 18.0. The van der Waals surface area contributed by atoms with Crippen LogP contribution >= 0.6 is 43.2 Å². The summed E-state index contributed by atoms with van der Waals surface area (Å²) in [5, 5.41) is 2.82. The Labute approximate surface area is 214 Å². The highest BCUT2D eigenvalue weighted by molar-refractivity contribution is 9.10. The van der Waals surface area contributed by atoms with Crippen molar-refractivity contribution in [2.75, 3.05) is 11.9 Å². The summed E-state index contributed by atoms with van der Waals surface area (Å²) in [6.45, 7) is 3.66. The molecule has 0 spiro atoms. The van der Waals surface area contributed by atoms with Crippen molar-refractivity contribution in [1.29, 1.82) is 0 Å². The number of nitrogens with one attached hydrogen (secondary N) is 1. The number of thiazole rings is 1. The molecule has 1 aromatic heterocycles. The minimum Gasteiger partial charge on any atom is -0.463 e. The van der Waals surface area contributed by atoms with E-state index >= 15 is 0 Å². The molecule has 3 heterocycles. The third kappa shape index (κ3) is 3.70. The van der Waals surface area contributed by atoms with Crippen LogP contribution in [0.1, 0.15) is 31.0 Å². The van der Waals surface area contributed by atoms with Gasteiger partial charge in [-0.1, -0.05) is 55.3 Å². The maximum absolute atomic E-state index is 13.8. The lowest BCUT2D eigenvalue weighted by Crippen LogP contribution is -2.40. The number of allylic oxidation sites excluding steroid dienone is 1. The summed E-state index contributed by atoms with van der Waals surface area (Å²) in [7, 11) is 0. The summed E-state index contributed by atoms with van der Waals surface area (Å²) < 4.78 is 8.73. The van der Waals surface area contributed by atoms with Crippen LogP contribution in [0.15, 0.2) is 72.5 Å². The number of carbonyl (C=O) groups excluding carboxylic acids is 2. The number of fused-ring (bicyclic) bond motifs is 2. The van der Waals surface area contributed by atoms with Crippen molar-refractivity contribution in [3.63, 3.8) is 0 Å². The number of ether oxygens (including phenoxy) is 1. The van der Waals surface area contributed by atoms with Crippen molar-refractivity contribution in [3.05, 3.63) is 93.5 Å². The van der Waals surface area contributed by atoms with Crippen LogP contribution in [0.4, 0.5) is 5.69 Å². The SMILES string of the molecule is CCOC(=O)C1=C(C)N=c2s/c(=C3\C(=O)Nc4ccc(Br)cc43)c(=O)n2C1c1ccc(Br)cc1. The molecule has 1 N–H and O–H groups in total. The summed E-state index contributed by atoms with van der Waals surface area (Å²) in [4.78, 5) is 44.7. The molecule has 0 bridgehead atoms. The first-order chi connectivity index (χ1) is 16.3. The lowest BCUT2D eigenvalue weighted by molar-refractivity contribution is -0.139. The Morgan fingerprint density at radius 2 is 1.85 bits per heavy atom. The van der Waals surface area contributed by atoms with Gasteiger partial charge in [-0.2, -0.15) is 0 Å². The first-order valence-electron chi connectivity index (χ1n) is 10.4. The maximum Gasteiger partial charge on any atom is 0.338 e. The predicted molar refractivity (Wildman–Crippen MR) is 136 cm³/mol. The van der Waals surface area contributed by atoms with Crippen LogP contribution in [0.3, 0.4) is 0 Å². The van der Waals surface area contributed by atoms with Gasteiger partial charge in [0, 0.05) is 20.2 Å². The lowest BCUT2D eigenvalue weighted by atomic mass is 9.96. The van der Waals surface area contributed by atoms with E-state index < -0.39 is 12.0 Å². The largest absolute Gasteiger partial charge is 0.463 e. The third-order valence-electron chi connectivity index (χ3n) is 5.63. The van der Waals surface area contributed by atoms with Crippen molar-refractivity contribution >= 4 is 66.3 Å². The number of esters is 1. The van der Waals surface area contributed by atoms with E-state index in [1.807, 2.05) is 36.4 Å². The highest BCUT2D eigenvalue weighted by Crippen LogP contribution is 2.34. The Bertz CT molecular complexity index is 1590. The van der Waals surface area contributed by atoms with Crippen LogP contribution < -0.4 is 20.2 Å². The number of amides is 1. The Morgan fingerprint density at radius 1 is 1.15 bits per heavy atom. The van der Waals surface area contributed by atoms with Gasteiger partial charge >= 0.3 is 5.97 Å². The number of hydrogen-bond donors (Lipinski definition) is 1. The van der Waals surface area contributed by atoms with E-state index in [0.717, 1.165) is 25.8 Å². The van der Waals surface area contributed by atoms with Crippen molar-refractivity contribution in [3.8, 4) is 0 Å². The van der Waals surface area contributed by atoms with Crippen LogP contribution in [-0.2, 0) is 14.3 Å². The Morgan fingerprint density at radius 3 is 2.56 bits per heavy atom.